The lowest BCUT2D eigenvalue weighted by molar-refractivity contribution is 0.732. The van der Waals surface area contributed by atoms with E-state index in [4.69, 9.17) is 4.98 Å². The zero-order valence-corrected chi connectivity index (χ0v) is 12.1. The summed E-state index contributed by atoms with van der Waals surface area (Å²) in [5, 5.41) is 0. The van der Waals surface area contributed by atoms with Crippen molar-refractivity contribution in [3.05, 3.63) is 65.5 Å². The number of rotatable bonds is 4. The van der Waals surface area contributed by atoms with E-state index < -0.39 is 0 Å². The van der Waals surface area contributed by atoms with Gasteiger partial charge in [0, 0.05) is 5.92 Å². The summed E-state index contributed by atoms with van der Waals surface area (Å²) in [5.41, 5.74) is 4.88. The Kier molecular flexibility index (Phi) is 3.55. The van der Waals surface area contributed by atoms with Crippen LogP contribution in [0.25, 0.3) is 11.0 Å². The molecule has 0 saturated heterocycles. The Balaban J connectivity index is 2.04. The van der Waals surface area contributed by atoms with Gasteiger partial charge in [-0.3, -0.25) is 0 Å². The van der Waals surface area contributed by atoms with E-state index in [0.29, 0.717) is 5.92 Å². The van der Waals surface area contributed by atoms with E-state index in [2.05, 4.69) is 67.4 Å². The zero-order valence-electron chi connectivity index (χ0n) is 12.1. The van der Waals surface area contributed by atoms with Crippen molar-refractivity contribution in [3.63, 3.8) is 0 Å². The monoisotopic (exact) mass is 264 g/mol. The molecule has 2 aromatic carbocycles. The lowest BCUT2D eigenvalue weighted by Crippen LogP contribution is -2.01. The number of H-pyrrole nitrogens is 1. The van der Waals surface area contributed by atoms with Crippen LogP contribution in [0.3, 0.4) is 0 Å². The summed E-state index contributed by atoms with van der Waals surface area (Å²) in [4.78, 5) is 8.29. The van der Waals surface area contributed by atoms with Gasteiger partial charge < -0.3 is 4.98 Å². The standard InChI is InChI=1S/C18H20N2/c1-3-13-10-11-16-17(12-13)20-18(19-16)15(4-2)14-8-6-5-7-9-14/h5-12,15H,3-4H2,1-2H3,(H,19,20). The first-order valence-electron chi connectivity index (χ1n) is 7.35. The minimum atomic E-state index is 0.341. The fourth-order valence-corrected chi connectivity index (χ4v) is 2.73. The second-order valence-electron chi connectivity index (χ2n) is 5.20. The molecule has 3 rings (SSSR count). The lowest BCUT2D eigenvalue weighted by Gasteiger charge is -2.12. The van der Waals surface area contributed by atoms with Crippen molar-refractivity contribution in [3.8, 4) is 0 Å². The Morgan fingerprint density at radius 2 is 1.85 bits per heavy atom. The number of hydrogen-bond donors (Lipinski definition) is 1. The van der Waals surface area contributed by atoms with Crippen molar-refractivity contribution in [1.82, 2.24) is 9.97 Å². The maximum Gasteiger partial charge on any atom is 0.114 e. The predicted molar refractivity (Wildman–Crippen MR) is 84.0 cm³/mol. The summed E-state index contributed by atoms with van der Waals surface area (Å²) in [5.74, 6) is 1.41. The average molecular weight is 264 g/mol. The lowest BCUT2D eigenvalue weighted by atomic mass is 9.96. The number of aromatic nitrogens is 2. The molecule has 0 aliphatic carbocycles. The van der Waals surface area contributed by atoms with Gasteiger partial charge in [-0.25, -0.2) is 4.98 Å². The van der Waals surface area contributed by atoms with Gasteiger partial charge in [-0.1, -0.05) is 50.2 Å². The van der Waals surface area contributed by atoms with Gasteiger partial charge in [-0.2, -0.15) is 0 Å². The average Bonchev–Trinajstić information content (AvgIpc) is 2.91. The Morgan fingerprint density at radius 1 is 1.05 bits per heavy atom. The largest absolute Gasteiger partial charge is 0.341 e. The van der Waals surface area contributed by atoms with Gasteiger partial charge in [0.15, 0.2) is 0 Å². The SMILES string of the molecule is CCc1ccc2nc(C(CC)c3ccccc3)[nH]c2c1. The van der Waals surface area contributed by atoms with E-state index in [1.165, 1.54) is 11.1 Å². The minimum Gasteiger partial charge on any atom is -0.341 e. The summed E-state index contributed by atoms with van der Waals surface area (Å²) in [6, 6.07) is 17.1. The highest BCUT2D eigenvalue weighted by atomic mass is 14.9. The third kappa shape index (κ3) is 2.34. The van der Waals surface area contributed by atoms with Crippen molar-refractivity contribution in [2.45, 2.75) is 32.6 Å². The van der Waals surface area contributed by atoms with Crippen LogP contribution in [-0.4, -0.2) is 9.97 Å². The molecule has 1 N–H and O–H groups in total. The van der Waals surface area contributed by atoms with Crippen molar-refractivity contribution >= 4 is 11.0 Å². The highest BCUT2D eigenvalue weighted by Gasteiger charge is 2.15. The number of hydrogen-bond acceptors (Lipinski definition) is 1. The highest BCUT2D eigenvalue weighted by molar-refractivity contribution is 5.76. The van der Waals surface area contributed by atoms with Crippen LogP contribution in [0.5, 0.6) is 0 Å². The summed E-state index contributed by atoms with van der Waals surface area (Å²) in [6.07, 6.45) is 2.10. The molecule has 102 valence electrons. The smallest absolute Gasteiger partial charge is 0.114 e. The maximum absolute atomic E-state index is 4.78. The number of benzene rings is 2. The Morgan fingerprint density at radius 3 is 2.55 bits per heavy atom. The summed E-state index contributed by atoms with van der Waals surface area (Å²) in [6.45, 7) is 4.39. The number of aryl methyl sites for hydroxylation is 1. The summed E-state index contributed by atoms with van der Waals surface area (Å²) >= 11 is 0. The number of nitrogens with one attached hydrogen (secondary N) is 1. The molecule has 0 bridgehead atoms. The van der Waals surface area contributed by atoms with Crippen molar-refractivity contribution < 1.29 is 0 Å². The van der Waals surface area contributed by atoms with Crippen molar-refractivity contribution in [2.24, 2.45) is 0 Å². The molecule has 3 aromatic rings. The fraction of sp³-hybridized carbons (Fsp3) is 0.278. The van der Waals surface area contributed by atoms with E-state index in [1.54, 1.807) is 0 Å². The van der Waals surface area contributed by atoms with Gasteiger partial charge in [-0.05, 0) is 36.1 Å². The van der Waals surface area contributed by atoms with Crippen LogP contribution in [0.1, 0.15) is 43.1 Å². The van der Waals surface area contributed by atoms with Crippen LogP contribution < -0.4 is 0 Å². The maximum atomic E-state index is 4.78. The molecule has 0 spiro atoms. The molecule has 2 nitrogen and oxygen atoms in total. The molecule has 0 aliphatic rings. The number of fused-ring (bicyclic) bond motifs is 1. The molecule has 1 unspecified atom stereocenters. The van der Waals surface area contributed by atoms with E-state index in [1.807, 2.05) is 0 Å². The van der Waals surface area contributed by atoms with Gasteiger partial charge in [0.25, 0.3) is 0 Å². The van der Waals surface area contributed by atoms with Gasteiger partial charge in [0.2, 0.25) is 0 Å². The van der Waals surface area contributed by atoms with Crippen molar-refractivity contribution in [2.75, 3.05) is 0 Å². The Hall–Kier alpha value is -2.09. The van der Waals surface area contributed by atoms with Gasteiger partial charge in [-0.15, -0.1) is 0 Å². The Bertz CT molecular complexity index is 698. The number of aromatic amines is 1. The van der Waals surface area contributed by atoms with Crippen LogP contribution in [-0.2, 0) is 6.42 Å². The van der Waals surface area contributed by atoms with Gasteiger partial charge >= 0.3 is 0 Å². The van der Waals surface area contributed by atoms with Crippen LogP contribution >= 0.6 is 0 Å². The van der Waals surface area contributed by atoms with Gasteiger partial charge in [0.1, 0.15) is 5.82 Å². The molecule has 20 heavy (non-hydrogen) atoms. The topological polar surface area (TPSA) is 28.7 Å². The highest BCUT2D eigenvalue weighted by Crippen LogP contribution is 2.27. The Labute approximate surface area is 119 Å². The molecule has 0 fully saturated rings. The second-order valence-corrected chi connectivity index (χ2v) is 5.20. The quantitative estimate of drug-likeness (QED) is 0.729. The molecular weight excluding hydrogens is 244 g/mol. The fourth-order valence-electron chi connectivity index (χ4n) is 2.73. The molecule has 1 aromatic heterocycles. The third-order valence-corrected chi connectivity index (χ3v) is 3.91. The predicted octanol–water partition coefficient (Wildman–Crippen LogP) is 4.67. The number of imidazole rings is 1. The van der Waals surface area contributed by atoms with E-state index in [-0.39, 0.29) is 0 Å². The van der Waals surface area contributed by atoms with E-state index in [0.717, 1.165) is 29.7 Å². The van der Waals surface area contributed by atoms with Gasteiger partial charge in [0.05, 0.1) is 11.0 Å². The van der Waals surface area contributed by atoms with Crippen LogP contribution in [0, 0.1) is 0 Å². The first-order valence-corrected chi connectivity index (χ1v) is 7.35. The van der Waals surface area contributed by atoms with Crippen LogP contribution in [0.15, 0.2) is 48.5 Å². The second kappa shape index (κ2) is 5.49. The zero-order chi connectivity index (χ0) is 13.9. The number of nitrogens with zero attached hydrogens (tertiary/aromatic N) is 1. The van der Waals surface area contributed by atoms with E-state index in [9.17, 15) is 0 Å². The normalized spacial score (nSPS) is 12.7. The molecule has 0 saturated carbocycles. The molecule has 0 aliphatic heterocycles. The molecule has 2 heteroatoms. The van der Waals surface area contributed by atoms with E-state index >= 15 is 0 Å². The molecule has 0 amide bonds. The third-order valence-electron chi connectivity index (χ3n) is 3.91. The summed E-state index contributed by atoms with van der Waals surface area (Å²) < 4.78 is 0. The first-order chi connectivity index (χ1) is 9.81. The molecule has 1 atom stereocenters. The molecule has 0 radical (unpaired) electrons. The summed E-state index contributed by atoms with van der Waals surface area (Å²) in [7, 11) is 0. The van der Waals surface area contributed by atoms with Crippen LogP contribution in [0.4, 0.5) is 0 Å². The minimum absolute atomic E-state index is 0.341. The molecule has 1 heterocycles. The van der Waals surface area contributed by atoms with Crippen LogP contribution in [0.2, 0.25) is 0 Å². The van der Waals surface area contributed by atoms with Crippen molar-refractivity contribution in [1.29, 1.82) is 0 Å². The first kappa shape index (κ1) is 12.9. The molecular formula is C18H20N2.